The average molecular weight is 165 g/mol. The quantitative estimate of drug-likeness (QED) is 0.725. The zero-order valence-electron chi connectivity index (χ0n) is 6.37. The van der Waals surface area contributed by atoms with Gasteiger partial charge in [0.15, 0.2) is 0 Å². The Balaban J connectivity index is 2.76. The van der Waals surface area contributed by atoms with E-state index in [-0.39, 0.29) is 12.2 Å². The Kier molecular flexibility index (Phi) is 2.78. The molecule has 0 bridgehead atoms. The van der Waals surface area contributed by atoms with Gasteiger partial charge in [0.05, 0.1) is 18.6 Å². The number of nitriles is 1. The molecule has 1 aromatic carbocycles. The molecule has 0 aromatic heterocycles. The van der Waals surface area contributed by atoms with E-state index in [1.807, 2.05) is 6.07 Å². The molecule has 0 heterocycles. The van der Waals surface area contributed by atoms with Gasteiger partial charge in [-0.2, -0.15) is 5.26 Å². The van der Waals surface area contributed by atoms with Crippen LogP contribution in [0.5, 0.6) is 0 Å². The molecule has 1 rings (SSSR count). The van der Waals surface area contributed by atoms with Crippen LogP contribution >= 0.6 is 0 Å². The third kappa shape index (κ3) is 2.04. The summed E-state index contributed by atoms with van der Waals surface area (Å²) in [6.45, 7) is 0. The van der Waals surface area contributed by atoms with Crippen molar-refractivity contribution in [3.8, 4) is 6.07 Å². The molecule has 0 fully saturated rings. The Morgan fingerprint density at radius 3 is 2.50 bits per heavy atom. The Morgan fingerprint density at radius 2 is 2.00 bits per heavy atom. The lowest BCUT2D eigenvalue weighted by atomic mass is 10.1. The zero-order valence-corrected chi connectivity index (χ0v) is 6.37. The van der Waals surface area contributed by atoms with Gasteiger partial charge in [-0.15, -0.1) is 0 Å². The predicted molar refractivity (Wildman–Crippen MR) is 41.6 cm³/mol. The van der Waals surface area contributed by atoms with Crippen LogP contribution < -0.4 is 0 Å². The van der Waals surface area contributed by atoms with Crippen molar-refractivity contribution in [2.75, 3.05) is 0 Å². The van der Waals surface area contributed by atoms with Gasteiger partial charge in [-0.3, -0.25) is 0 Å². The molecule has 0 radical (unpaired) electrons. The summed E-state index contributed by atoms with van der Waals surface area (Å²) in [4.78, 5) is 0. The van der Waals surface area contributed by atoms with Crippen molar-refractivity contribution >= 4 is 0 Å². The highest BCUT2D eigenvalue weighted by Crippen LogP contribution is 2.15. The number of benzene rings is 1. The summed E-state index contributed by atoms with van der Waals surface area (Å²) in [6.07, 6.45) is -0.776. The van der Waals surface area contributed by atoms with Crippen molar-refractivity contribution in [1.82, 2.24) is 0 Å². The molecular formula is C9H8FNO. The van der Waals surface area contributed by atoms with Gasteiger partial charge < -0.3 is 5.11 Å². The number of nitrogens with zero attached hydrogens (tertiary/aromatic N) is 1. The molecule has 0 saturated heterocycles. The maximum Gasteiger partial charge on any atom is 0.123 e. The van der Waals surface area contributed by atoms with Crippen LogP contribution in [0.1, 0.15) is 18.1 Å². The van der Waals surface area contributed by atoms with E-state index in [1.165, 1.54) is 24.3 Å². The van der Waals surface area contributed by atoms with E-state index >= 15 is 0 Å². The monoisotopic (exact) mass is 165 g/mol. The molecule has 0 aliphatic carbocycles. The van der Waals surface area contributed by atoms with E-state index in [0.717, 1.165) is 0 Å². The number of aliphatic hydroxyl groups excluding tert-OH is 1. The smallest absolute Gasteiger partial charge is 0.123 e. The van der Waals surface area contributed by atoms with Crippen LogP contribution in [0.4, 0.5) is 4.39 Å². The molecule has 0 aliphatic heterocycles. The normalized spacial score (nSPS) is 12.1. The molecule has 0 unspecified atom stereocenters. The first-order valence-electron chi connectivity index (χ1n) is 3.54. The largest absolute Gasteiger partial charge is 0.387 e. The van der Waals surface area contributed by atoms with Crippen molar-refractivity contribution < 1.29 is 9.50 Å². The molecule has 1 N–H and O–H groups in total. The van der Waals surface area contributed by atoms with Gasteiger partial charge in [0.25, 0.3) is 0 Å². The van der Waals surface area contributed by atoms with E-state index in [2.05, 4.69) is 0 Å². The van der Waals surface area contributed by atoms with E-state index in [0.29, 0.717) is 5.56 Å². The number of hydrogen-bond acceptors (Lipinski definition) is 2. The minimum atomic E-state index is -0.810. The van der Waals surface area contributed by atoms with Gasteiger partial charge in [-0.1, -0.05) is 12.1 Å². The van der Waals surface area contributed by atoms with Crippen LogP contribution in [0.15, 0.2) is 24.3 Å². The third-order valence-electron chi connectivity index (χ3n) is 1.54. The second kappa shape index (κ2) is 3.84. The molecule has 3 heteroatoms. The lowest BCUT2D eigenvalue weighted by molar-refractivity contribution is 0.183. The Bertz CT molecular complexity index is 288. The van der Waals surface area contributed by atoms with E-state index in [9.17, 15) is 9.50 Å². The molecule has 0 amide bonds. The number of rotatable bonds is 2. The van der Waals surface area contributed by atoms with E-state index in [1.54, 1.807) is 0 Å². The van der Waals surface area contributed by atoms with Crippen molar-refractivity contribution in [2.24, 2.45) is 0 Å². The van der Waals surface area contributed by atoms with Crippen molar-refractivity contribution in [3.63, 3.8) is 0 Å². The molecular weight excluding hydrogens is 157 g/mol. The molecule has 0 aliphatic rings. The third-order valence-corrected chi connectivity index (χ3v) is 1.54. The zero-order chi connectivity index (χ0) is 8.97. The topological polar surface area (TPSA) is 44.0 Å². The van der Waals surface area contributed by atoms with Crippen LogP contribution in [0.3, 0.4) is 0 Å². The fourth-order valence-electron chi connectivity index (χ4n) is 0.889. The van der Waals surface area contributed by atoms with Gasteiger partial charge >= 0.3 is 0 Å². The lowest BCUT2D eigenvalue weighted by Gasteiger charge is -2.05. The average Bonchev–Trinajstić information content (AvgIpc) is 2.06. The van der Waals surface area contributed by atoms with Gasteiger partial charge in [0.1, 0.15) is 5.82 Å². The molecule has 0 spiro atoms. The lowest BCUT2D eigenvalue weighted by Crippen LogP contribution is -1.95. The fraction of sp³-hybridized carbons (Fsp3) is 0.222. The predicted octanol–water partition coefficient (Wildman–Crippen LogP) is 1.77. The summed E-state index contributed by atoms with van der Waals surface area (Å²) >= 11 is 0. The minimum Gasteiger partial charge on any atom is -0.387 e. The van der Waals surface area contributed by atoms with Crippen LogP contribution in [0.25, 0.3) is 0 Å². The summed E-state index contributed by atoms with van der Waals surface area (Å²) < 4.78 is 12.4. The first-order valence-corrected chi connectivity index (χ1v) is 3.54. The van der Waals surface area contributed by atoms with Crippen LogP contribution in [-0.4, -0.2) is 5.11 Å². The maximum absolute atomic E-state index is 12.4. The van der Waals surface area contributed by atoms with Crippen molar-refractivity contribution in [2.45, 2.75) is 12.5 Å². The van der Waals surface area contributed by atoms with Crippen LogP contribution in [-0.2, 0) is 0 Å². The van der Waals surface area contributed by atoms with Crippen LogP contribution in [0.2, 0.25) is 0 Å². The summed E-state index contributed by atoms with van der Waals surface area (Å²) in [5.41, 5.74) is 0.568. The molecule has 12 heavy (non-hydrogen) atoms. The van der Waals surface area contributed by atoms with Crippen molar-refractivity contribution in [3.05, 3.63) is 35.6 Å². The van der Waals surface area contributed by atoms with E-state index in [4.69, 9.17) is 5.26 Å². The molecule has 1 atom stereocenters. The van der Waals surface area contributed by atoms with Crippen LogP contribution in [0, 0.1) is 17.1 Å². The number of aliphatic hydroxyl groups is 1. The fourth-order valence-corrected chi connectivity index (χ4v) is 0.889. The molecule has 62 valence electrons. The second-order valence-electron chi connectivity index (χ2n) is 2.43. The summed E-state index contributed by atoms with van der Waals surface area (Å²) in [6, 6.07) is 7.30. The Hall–Kier alpha value is -1.40. The highest BCUT2D eigenvalue weighted by Gasteiger charge is 2.05. The first-order chi connectivity index (χ1) is 5.74. The number of hydrogen-bond donors (Lipinski definition) is 1. The summed E-state index contributed by atoms with van der Waals surface area (Å²) in [5, 5.41) is 17.5. The molecule has 2 nitrogen and oxygen atoms in total. The second-order valence-corrected chi connectivity index (χ2v) is 2.43. The highest BCUT2D eigenvalue weighted by atomic mass is 19.1. The Labute approximate surface area is 69.9 Å². The Morgan fingerprint density at radius 1 is 1.42 bits per heavy atom. The highest BCUT2D eigenvalue weighted by molar-refractivity contribution is 5.19. The minimum absolute atomic E-state index is 0.0334. The number of halogens is 1. The first kappa shape index (κ1) is 8.69. The summed E-state index contributed by atoms with van der Waals surface area (Å²) in [5.74, 6) is -0.345. The van der Waals surface area contributed by atoms with Gasteiger partial charge in [0.2, 0.25) is 0 Å². The van der Waals surface area contributed by atoms with Gasteiger partial charge in [-0.25, -0.2) is 4.39 Å². The van der Waals surface area contributed by atoms with Crippen molar-refractivity contribution in [1.29, 1.82) is 5.26 Å². The molecule has 0 saturated carbocycles. The standard InChI is InChI=1S/C9H8FNO/c10-8-3-1-7(2-4-8)9(12)5-6-11/h1-4,9,12H,5H2/t9-/m1/s1. The van der Waals surface area contributed by atoms with Gasteiger partial charge in [-0.05, 0) is 17.7 Å². The maximum atomic E-state index is 12.4. The van der Waals surface area contributed by atoms with E-state index < -0.39 is 6.10 Å². The SMILES string of the molecule is N#CC[C@@H](O)c1ccc(F)cc1. The summed E-state index contributed by atoms with van der Waals surface area (Å²) in [7, 11) is 0. The molecule has 1 aromatic rings. The van der Waals surface area contributed by atoms with Gasteiger partial charge in [0, 0.05) is 0 Å².